The van der Waals surface area contributed by atoms with Crippen LogP contribution in [0, 0.1) is 0 Å². The van der Waals surface area contributed by atoms with Crippen LogP contribution < -0.4 is 4.90 Å². The summed E-state index contributed by atoms with van der Waals surface area (Å²) in [5, 5.41) is 6.85. The maximum absolute atomic E-state index is 13.2. The monoisotopic (exact) mass is 446 g/mol. The molecule has 0 fully saturated rings. The zero-order chi connectivity index (χ0) is 22.7. The van der Waals surface area contributed by atoms with E-state index in [1.165, 1.54) is 6.92 Å². The van der Waals surface area contributed by atoms with E-state index >= 15 is 0 Å². The Balaban J connectivity index is 1.62. The third-order valence-corrected chi connectivity index (χ3v) is 5.78. The Morgan fingerprint density at radius 2 is 1.78 bits per heavy atom. The molecule has 1 aromatic heterocycles. The molecular weight excluding hydrogens is 424 g/mol. The van der Waals surface area contributed by atoms with E-state index in [4.69, 9.17) is 11.6 Å². The lowest BCUT2D eigenvalue weighted by molar-refractivity contribution is -0.132. The molecule has 0 saturated heterocycles. The number of aromatic nitrogens is 1. The van der Waals surface area contributed by atoms with Crippen LogP contribution in [0.25, 0.3) is 0 Å². The van der Waals surface area contributed by atoms with Gasteiger partial charge < -0.3 is 4.90 Å². The van der Waals surface area contributed by atoms with Gasteiger partial charge in [-0.1, -0.05) is 41.9 Å². The summed E-state index contributed by atoms with van der Waals surface area (Å²) in [5.41, 5.74) is 4.14. The molecule has 162 valence electrons. The van der Waals surface area contributed by atoms with Crippen molar-refractivity contribution in [2.75, 3.05) is 11.9 Å². The summed E-state index contributed by atoms with van der Waals surface area (Å²) < 4.78 is 0. The molecule has 0 N–H and O–H groups in total. The fraction of sp³-hybridized carbons (Fsp3) is 0.200. The number of carbonyl (C=O) groups is 2. The fourth-order valence-corrected chi connectivity index (χ4v) is 3.77. The number of anilines is 1. The Hall–Kier alpha value is -3.51. The van der Waals surface area contributed by atoms with E-state index in [0.29, 0.717) is 11.4 Å². The normalized spacial score (nSPS) is 15.4. The molecule has 0 bridgehead atoms. The zero-order valence-electron chi connectivity index (χ0n) is 17.9. The van der Waals surface area contributed by atoms with E-state index in [1.807, 2.05) is 54.6 Å². The maximum Gasteiger partial charge on any atom is 0.247 e. The van der Waals surface area contributed by atoms with Crippen LogP contribution in [-0.2, 0) is 16.0 Å². The number of rotatable bonds is 5. The van der Waals surface area contributed by atoms with Gasteiger partial charge in [0.15, 0.2) is 0 Å². The van der Waals surface area contributed by atoms with Crippen LogP contribution in [0.1, 0.15) is 36.2 Å². The topological polar surface area (TPSA) is 65.9 Å². The number of pyridine rings is 1. The average molecular weight is 447 g/mol. The lowest BCUT2D eigenvalue weighted by Gasteiger charge is -2.23. The van der Waals surface area contributed by atoms with Crippen molar-refractivity contribution in [1.29, 1.82) is 0 Å². The molecule has 1 aliphatic rings. The van der Waals surface area contributed by atoms with Crippen LogP contribution >= 0.6 is 11.6 Å². The van der Waals surface area contributed by atoms with E-state index in [1.54, 1.807) is 35.3 Å². The molecule has 0 saturated carbocycles. The van der Waals surface area contributed by atoms with Crippen LogP contribution in [0.3, 0.4) is 0 Å². The number of amides is 2. The molecule has 2 aromatic carbocycles. The number of hydrogen-bond acceptors (Lipinski definition) is 4. The highest BCUT2D eigenvalue weighted by molar-refractivity contribution is 6.30. The van der Waals surface area contributed by atoms with Crippen LogP contribution in [0.2, 0.25) is 5.02 Å². The summed E-state index contributed by atoms with van der Waals surface area (Å²) >= 11 is 5.97. The van der Waals surface area contributed by atoms with Gasteiger partial charge in [0.05, 0.1) is 23.9 Å². The average Bonchev–Trinajstić information content (AvgIpc) is 3.26. The summed E-state index contributed by atoms with van der Waals surface area (Å²) in [6, 6.07) is 20.3. The lowest BCUT2D eigenvalue weighted by atomic mass is 9.99. The zero-order valence-corrected chi connectivity index (χ0v) is 18.7. The number of hydrogen-bond donors (Lipinski definition) is 0. The van der Waals surface area contributed by atoms with Gasteiger partial charge in [-0.25, -0.2) is 5.01 Å². The first kappa shape index (κ1) is 21.7. The Labute approximate surface area is 192 Å². The number of hydrazone groups is 1. The molecule has 1 atom stereocenters. The highest BCUT2D eigenvalue weighted by atomic mass is 35.5. The van der Waals surface area contributed by atoms with Gasteiger partial charge in [0, 0.05) is 37.3 Å². The Bertz CT molecular complexity index is 1140. The van der Waals surface area contributed by atoms with Gasteiger partial charge in [0.2, 0.25) is 11.8 Å². The quantitative estimate of drug-likeness (QED) is 0.573. The van der Waals surface area contributed by atoms with Crippen LogP contribution in [0.15, 0.2) is 78.0 Å². The summed E-state index contributed by atoms with van der Waals surface area (Å²) in [7, 11) is 1.73. The third kappa shape index (κ3) is 4.70. The number of carbonyl (C=O) groups excluding carboxylic acids is 2. The van der Waals surface area contributed by atoms with E-state index in [2.05, 4.69) is 10.1 Å². The second-order valence-corrected chi connectivity index (χ2v) is 8.13. The molecule has 0 radical (unpaired) electrons. The first-order chi connectivity index (χ1) is 15.4. The van der Waals surface area contributed by atoms with Gasteiger partial charge >= 0.3 is 0 Å². The summed E-state index contributed by atoms with van der Waals surface area (Å²) in [4.78, 5) is 30.9. The summed E-state index contributed by atoms with van der Waals surface area (Å²) in [6.07, 6.45) is 2.50. The molecule has 32 heavy (non-hydrogen) atoms. The minimum absolute atomic E-state index is 0.0424. The molecular formula is C25H23ClN4O2. The van der Waals surface area contributed by atoms with E-state index in [9.17, 15) is 9.59 Å². The van der Waals surface area contributed by atoms with Crippen LogP contribution in [-0.4, -0.2) is 34.6 Å². The largest absolute Gasteiger partial charge is 0.316 e. The molecule has 2 amide bonds. The fourth-order valence-electron chi connectivity index (χ4n) is 3.65. The van der Waals surface area contributed by atoms with Gasteiger partial charge in [-0.05, 0) is 47.5 Å². The predicted molar refractivity (Wildman–Crippen MR) is 126 cm³/mol. The number of nitrogens with zero attached hydrogens (tertiary/aromatic N) is 4. The lowest BCUT2D eigenvalue weighted by Crippen LogP contribution is -2.28. The van der Waals surface area contributed by atoms with Gasteiger partial charge in [-0.15, -0.1) is 0 Å². The van der Waals surface area contributed by atoms with Crippen molar-refractivity contribution in [3.63, 3.8) is 0 Å². The van der Waals surface area contributed by atoms with Crippen molar-refractivity contribution >= 4 is 34.8 Å². The molecule has 4 rings (SSSR count). The number of benzene rings is 2. The highest BCUT2D eigenvalue weighted by Crippen LogP contribution is 2.34. The minimum Gasteiger partial charge on any atom is -0.316 e. The van der Waals surface area contributed by atoms with Gasteiger partial charge in [0.1, 0.15) is 0 Å². The summed E-state index contributed by atoms with van der Waals surface area (Å²) in [5.74, 6) is -0.146. The second-order valence-electron chi connectivity index (χ2n) is 7.69. The molecule has 7 heteroatoms. The molecule has 0 aliphatic carbocycles. The van der Waals surface area contributed by atoms with E-state index < -0.39 is 0 Å². The maximum atomic E-state index is 13.2. The molecule has 2 heterocycles. The minimum atomic E-state index is -0.247. The van der Waals surface area contributed by atoms with E-state index in [0.717, 1.165) is 28.2 Å². The predicted octanol–water partition coefficient (Wildman–Crippen LogP) is 4.64. The SMILES string of the molecule is CC(=O)N(C)c1ccc(C2CC(c3ccccn3)=NN2C(=O)Cc2ccc(Cl)cc2)cc1. The van der Waals surface area contributed by atoms with Crippen LogP contribution in [0.5, 0.6) is 0 Å². The van der Waals surface area contributed by atoms with E-state index in [-0.39, 0.29) is 24.3 Å². The Kier molecular flexibility index (Phi) is 6.32. The smallest absolute Gasteiger partial charge is 0.247 e. The van der Waals surface area contributed by atoms with Crippen molar-refractivity contribution in [1.82, 2.24) is 9.99 Å². The standard InChI is InChI=1S/C25H23ClN4O2/c1-17(31)29(2)21-12-8-19(9-13-21)24-16-23(22-5-3-4-14-27-22)28-30(24)25(32)15-18-6-10-20(26)11-7-18/h3-14,24H,15-16H2,1-2H3. The van der Waals surface area contributed by atoms with Crippen molar-refractivity contribution in [2.24, 2.45) is 5.10 Å². The van der Waals surface area contributed by atoms with Gasteiger partial charge in [0.25, 0.3) is 0 Å². The second kappa shape index (κ2) is 9.32. The molecule has 3 aromatic rings. The molecule has 1 aliphatic heterocycles. The first-order valence-corrected chi connectivity index (χ1v) is 10.7. The molecule has 0 spiro atoms. The van der Waals surface area contributed by atoms with Crippen LogP contribution in [0.4, 0.5) is 5.69 Å². The first-order valence-electron chi connectivity index (χ1n) is 10.3. The highest BCUT2D eigenvalue weighted by Gasteiger charge is 2.33. The van der Waals surface area contributed by atoms with Crippen molar-refractivity contribution in [3.8, 4) is 0 Å². The van der Waals surface area contributed by atoms with Gasteiger partial charge in [-0.3, -0.25) is 14.6 Å². The number of halogens is 1. The Morgan fingerprint density at radius 1 is 1.06 bits per heavy atom. The van der Waals surface area contributed by atoms with Crippen molar-refractivity contribution in [2.45, 2.75) is 25.8 Å². The van der Waals surface area contributed by atoms with Gasteiger partial charge in [-0.2, -0.15) is 5.10 Å². The van der Waals surface area contributed by atoms with Crippen molar-refractivity contribution in [3.05, 3.63) is 94.8 Å². The molecule has 1 unspecified atom stereocenters. The summed E-state index contributed by atoms with van der Waals surface area (Å²) in [6.45, 7) is 1.52. The Morgan fingerprint density at radius 3 is 2.41 bits per heavy atom. The third-order valence-electron chi connectivity index (χ3n) is 5.53. The van der Waals surface area contributed by atoms with Crippen molar-refractivity contribution < 1.29 is 9.59 Å². The molecule has 6 nitrogen and oxygen atoms in total.